The van der Waals surface area contributed by atoms with Crippen molar-refractivity contribution in [3.63, 3.8) is 0 Å². The zero-order valence-electron chi connectivity index (χ0n) is 20.9. The number of ether oxygens (including phenoxy) is 2. The van der Waals surface area contributed by atoms with Gasteiger partial charge in [0.15, 0.2) is 18.1 Å². The van der Waals surface area contributed by atoms with Crippen molar-refractivity contribution in [3.8, 4) is 11.5 Å². The Morgan fingerprint density at radius 1 is 0.947 bits per heavy atom. The van der Waals surface area contributed by atoms with E-state index in [9.17, 15) is 14.0 Å². The molecule has 1 aliphatic rings. The minimum absolute atomic E-state index is 0.240. The number of amides is 2. The van der Waals surface area contributed by atoms with Crippen LogP contribution in [0.5, 0.6) is 11.5 Å². The van der Waals surface area contributed by atoms with Crippen molar-refractivity contribution in [3.05, 3.63) is 74.9 Å². The van der Waals surface area contributed by atoms with Gasteiger partial charge in [-0.2, -0.15) is 0 Å². The van der Waals surface area contributed by atoms with E-state index in [1.807, 2.05) is 19.2 Å². The Bertz CT molecular complexity index is 1320. The molecule has 1 fully saturated rings. The van der Waals surface area contributed by atoms with Crippen molar-refractivity contribution in [1.29, 1.82) is 0 Å². The first-order valence-corrected chi connectivity index (χ1v) is 13.4. The average Bonchev–Trinajstić information content (AvgIpc) is 2.91. The van der Waals surface area contributed by atoms with Gasteiger partial charge >= 0.3 is 0 Å². The van der Waals surface area contributed by atoms with E-state index < -0.39 is 11.7 Å². The lowest BCUT2D eigenvalue weighted by Crippen LogP contribution is -2.44. The minimum Gasteiger partial charge on any atom is -0.493 e. The molecule has 38 heavy (non-hydrogen) atoms. The fraction of sp³-hybridized carbons (Fsp3) is 0.259. The number of carbonyl (C=O) groups is 2. The lowest BCUT2D eigenvalue weighted by atomic mass is 10.1. The minimum atomic E-state index is -0.399. The summed E-state index contributed by atoms with van der Waals surface area (Å²) in [6.45, 7) is 2.87. The number of nitrogens with zero attached hydrogens (tertiary/aromatic N) is 2. The molecule has 0 bridgehead atoms. The topological polar surface area (TPSA) is 83.1 Å². The molecule has 11 heteroatoms. The van der Waals surface area contributed by atoms with E-state index in [0.29, 0.717) is 34.1 Å². The Balaban J connectivity index is 1.45. The van der Waals surface area contributed by atoms with Crippen molar-refractivity contribution >= 4 is 60.7 Å². The molecule has 3 aromatic carbocycles. The van der Waals surface area contributed by atoms with Gasteiger partial charge in [-0.05, 0) is 71.5 Å². The molecule has 1 heterocycles. The van der Waals surface area contributed by atoms with Crippen molar-refractivity contribution in [2.45, 2.75) is 0 Å². The highest BCUT2D eigenvalue weighted by atomic mass is 79.9. The van der Waals surface area contributed by atoms with E-state index in [0.717, 1.165) is 30.7 Å². The predicted molar refractivity (Wildman–Crippen MR) is 153 cm³/mol. The van der Waals surface area contributed by atoms with Crippen LogP contribution in [-0.2, 0) is 4.79 Å². The summed E-state index contributed by atoms with van der Waals surface area (Å²) in [5.74, 6) is -0.512. The van der Waals surface area contributed by atoms with Crippen LogP contribution in [0.4, 0.5) is 21.5 Å². The number of hydrogen-bond acceptors (Lipinski definition) is 6. The monoisotopic (exact) mass is 648 g/mol. The Hall–Kier alpha value is -3.15. The van der Waals surface area contributed by atoms with Crippen LogP contribution in [0.3, 0.4) is 0 Å². The van der Waals surface area contributed by atoms with E-state index in [2.05, 4.69) is 52.3 Å². The highest BCUT2D eigenvalue weighted by molar-refractivity contribution is 9.10. The zero-order chi connectivity index (χ0) is 27.2. The first-order valence-electron chi connectivity index (χ1n) is 11.8. The Morgan fingerprint density at radius 3 is 2.34 bits per heavy atom. The van der Waals surface area contributed by atoms with Crippen LogP contribution >= 0.6 is 31.9 Å². The summed E-state index contributed by atoms with van der Waals surface area (Å²) in [4.78, 5) is 29.7. The second-order valence-electron chi connectivity index (χ2n) is 8.74. The zero-order valence-corrected chi connectivity index (χ0v) is 24.1. The fourth-order valence-electron chi connectivity index (χ4n) is 3.94. The van der Waals surface area contributed by atoms with E-state index in [1.54, 1.807) is 30.3 Å². The molecule has 0 saturated carbocycles. The number of halogens is 3. The van der Waals surface area contributed by atoms with Crippen LogP contribution in [0.1, 0.15) is 10.4 Å². The van der Waals surface area contributed by atoms with Crippen LogP contribution < -0.4 is 25.0 Å². The quantitative estimate of drug-likeness (QED) is 0.341. The molecule has 200 valence electrons. The van der Waals surface area contributed by atoms with Crippen molar-refractivity contribution in [2.75, 3.05) is 62.5 Å². The number of piperazine rings is 1. The fourth-order valence-corrected chi connectivity index (χ4v) is 4.55. The van der Waals surface area contributed by atoms with Crippen molar-refractivity contribution < 1.29 is 23.5 Å². The molecule has 8 nitrogen and oxygen atoms in total. The molecular formula is C27H27Br2FN4O4. The molecule has 0 atom stereocenters. The van der Waals surface area contributed by atoms with Crippen molar-refractivity contribution in [1.82, 2.24) is 4.90 Å². The maximum Gasteiger partial charge on any atom is 0.262 e. The molecular weight excluding hydrogens is 623 g/mol. The molecule has 0 aliphatic carbocycles. The van der Waals surface area contributed by atoms with Crippen LogP contribution in [0.15, 0.2) is 63.5 Å². The van der Waals surface area contributed by atoms with E-state index in [1.165, 1.54) is 19.2 Å². The maximum absolute atomic E-state index is 14.4. The van der Waals surface area contributed by atoms with Gasteiger partial charge in [0.05, 0.1) is 23.0 Å². The molecule has 1 aliphatic heterocycles. The third-order valence-electron chi connectivity index (χ3n) is 6.04. The Labute approximate surface area is 237 Å². The predicted octanol–water partition coefficient (Wildman–Crippen LogP) is 5.38. The summed E-state index contributed by atoms with van der Waals surface area (Å²) in [5, 5.41) is 5.65. The number of anilines is 3. The standard InChI is InChI=1S/C27H27Br2FN4O4/c1-33-9-11-34(12-10-33)23-15-21(30)20(29)14-22(23)32-27(36)17-3-8-24(25(13-17)37-2)38-16-26(35)31-19-6-4-18(28)5-7-19/h3-8,13-15H,9-12,16H2,1-2H3,(H,31,35)(H,32,36). The average molecular weight is 650 g/mol. The maximum atomic E-state index is 14.4. The largest absolute Gasteiger partial charge is 0.493 e. The van der Waals surface area contributed by atoms with Gasteiger partial charge in [-0.15, -0.1) is 0 Å². The lowest BCUT2D eigenvalue weighted by Gasteiger charge is -2.35. The van der Waals surface area contributed by atoms with Gasteiger partial charge in [0.2, 0.25) is 0 Å². The van der Waals surface area contributed by atoms with Gasteiger partial charge in [0, 0.05) is 48.0 Å². The van der Waals surface area contributed by atoms with E-state index in [-0.39, 0.29) is 17.0 Å². The third kappa shape index (κ3) is 7.03. The third-order valence-corrected chi connectivity index (χ3v) is 7.18. The second-order valence-corrected chi connectivity index (χ2v) is 10.5. The number of methoxy groups -OCH3 is 1. The van der Waals surface area contributed by atoms with Gasteiger partial charge in [0.1, 0.15) is 5.82 Å². The number of likely N-dealkylation sites (N-methyl/N-ethyl adjacent to an activating group) is 1. The smallest absolute Gasteiger partial charge is 0.262 e. The lowest BCUT2D eigenvalue weighted by molar-refractivity contribution is -0.118. The summed E-state index contributed by atoms with van der Waals surface area (Å²) in [7, 11) is 3.49. The molecule has 0 radical (unpaired) electrons. The van der Waals surface area contributed by atoms with Crippen LogP contribution in [0, 0.1) is 5.82 Å². The van der Waals surface area contributed by atoms with E-state index in [4.69, 9.17) is 9.47 Å². The van der Waals surface area contributed by atoms with Gasteiger partial charge in [-0.1, -0.05) is 15.9 Å². The highest BCUT2D eigenvalue weighted by Gasteiger charge is 2.21. The van der Waals surface area contributed by atoms with Crippen LogP contribution in [0.2, 0.25) is 0 Å². The van der Waals surface area contributed by atoms with Gasteiger partial charge in [0.25, 0.3) is 11.8 Å². The van der Waals surface area contributed by atoms with Gasteiger partial charge in [-0.25, -0.2) is 4.39 Å². The molecule has 0 aromatic heterocycles. The Kier molecular flexibility index (Phi) is 9.24. The normalized spacial score (nSPS) is 13.7. The summed E-state index contributed by atoms with van der Waals surface area (Å²) in [6, 6.07) is 14.9. The highest BCUT2D eigenvalue weighted by Crippen LogP contribution is 2.34. The second kappa shape index (κ2) is 12.6. The number of rotatable bonds is 8. The summed E-state index contributed by atoms with van der Waals surface area (Å²) >= 11 is 6.57. The molecule has 0 unspecified atom stereocenters. The van der Waals surface area contributed by atoms with Gasteiger partial charge < -0.3 is 29.9 Å². The van der Waals surface area contributed by atoms with Crippen LogP contribution in [0.25, 0.3) is 0 Å². The molecule has 1 saturated heterocycles. The first kappa shape index (κ1) is 27.9. The number of hydrogen-bond donors (Lipinski definition) is 2. The SMILES string of the molecule is COc1cc(C(=O)Nc2cc(Br)c(F)cc2N2CCN(C)CC2)ccc1OCC(=O)Nc1ccc(Br)cc1. The van der Waals surface area contributed by atoms with Gasteiger partial charge in [-0.3, -0.25) is 9.59 Å². The molecule has 2 amide bonds. The van der Waals surface area contributed by atoms with Crippen molar-refractivity contribution in [2.24, 2.45) is 0 Å². The molecule has 2 N–H and O–H groups in total. The first-order chi connectivity index (χ1) is 18.2. The Morgan fingerprint density at radius 2 is 1.66 bits per heavy atom. The van der Waals surface area contributed by atoms with E-state index >= 15 is 0 Å². The van der Waals surface area contributed by atoms with Crippen LogP contribution in [-0.4, -0.2) is 63.7 Å². The summed E-state index contributed by atoms with van der Waals surface area (Å²) < 4.78 is 26.6. The molecule has 3 aromatic rings. The number of nitrogens with one attached hydrogen (secondary N) is 2. The molecule has 0 spiro atoms. The molecule has 4 rings (SSSR count). The summed E-state index contributed by atoms with van der Waals surface area (Å²) in [6.07, 6.45) is 0. The number of carbonyl (C=O) groups excluding carboxylic acids is 2. The number of benzene rings is 3. The summed E-state index contributed by atoms with van der Waals surface area (Å²) in [5.41, 5.74) is 2.08.